The third kappa shape index (κ3) is 2.09. The van der Waals surface area contributed by atoms with E-state index in [1.165, 1.54) is 17.7 Å². The van der Waals surface area contributed by atoms with Gasteiger partial charge in [0.2, 0.25) is 0 Å². The summed E-state index contributed by atoms with van der Waals surface area (Å²) in [7, 11) is 1.59. The lowest BCUT2D eigenvalue weighted by Crippen LogP contribution is -2.42. The summed E-state index contributed by atoms with van der Waals surface area (Å²) in [6, 6.07) is 4.80. The first-order valence-corrected chi connectivity index (χ1v) is 8.26. The first-order valence-electron chi connectivity index (χ1n) is 8.26. The molecule has 1 N–H and O–H groups in total. The third-order valence-electron chi connectivity index (χ3n) is 5.28. The van der Waals surface area contributed by atoms with Gasteiger partial charge in [-0.2, -0.15) is 0 Å². The molecule has 3 nitrogen and oxygen atoms in total. The maximum atomic E-state index is 13.6. The Morgan fingerprint density at radius 1 is 1.25 bits per heavy atom. The lowest BCUT2D eigenvalue weighted by atomic mass is 9.68. The average Bonchev–Trinajstić information content (AvgIpc) is 2.95. The van der Waals surface area contributed by atoms with Crippen molar-refractivity contribution >= 4 is 0 Å². The molecule has 24 heavy (non-hydrogen) atoms. The normalized spacial score (nSPS) is 26.9. The van der Waals surface area contributed by atoms with Gasteiger partial charge in [-0.15, -0.1) is 0 Å². The van der Waals surface area contributed by atoms with Crippen LogP contribution in [0.2, 0.25) is 0 Å². The van der Waals surface area contributed by atoms with Gasteiger partial charge >= 0.3 is 0 Å². The molecular weight excluding hydrogens is 305 g/mol. The highest BCUT2D eigenvalue weighted by Crippen LogP contribution is 2.51. The predicted octanol–water partition coefficient (Wildman–Crippen LogP) is 3.97. The highest BCUT2D eigenvalue weighted by Gasteiger charge is 2.45. The van der Waals surface area contributed by atoms with E-state index in [1.807, 2.05) is 6.07 Å². The van der Waals surface area contributed by atoms with Crippen molar-refractivity contribution in [3.63, 3.8) is 0 Å². The van der Waals surface area contributed by atoms with Crippen molar-refractivity contribution in [2.24, 2.45) is 0 Å². The summed E-state index contributed by atoms with van der Waals surface area (Å²) >= 11 is 0. The summed E-state index contributed by atoms with van der Waals surface area (Å²) in [5, 5.41) is 3.58. The molecule has 0 fully saturated rings. The highest BCUT2D eigenvalue weighted by atomic mass is 19.1. The molecule has 0 aromatic heterocycles. The van der Waals surface area contributed by atoms with Gasteiger partial charge in [-0.1, -0.05) is 19.1 Å². The van der Waals surface area contributed by atoms with E-state index in [0.29, 0.717) is 12.4 Å². The molecule has 3 aliphatic rings. The maximum absolute atomic E-state index is 13.6. The molecule has 4 heteroatoms. The molecule has 0 saturated heterocycles. The van der Waals surface area contributed by atoms with Crippen LogP contribution in [0.5, 0.6) is 5.75 Å². The van der Waals surface area contributed by atoms with Gasteiger partial charge < -0.3 is 14.8 Å². The van der Waals surface area contributed by atoms with E-state index in [9.17, 15) is 4.39 Å². The monoisotopic (exact) mass is 327 g/mol. The fourth-order valence-electron chi connectivity index (χ4n) is 4.04. The fraction of sp³-hybridized carbons (Fsp3) is 0.400. The number of nitrogens with one attached hydrogen (secondary N) is 1. The Labute approximate surface area is 141 Å². The van der Waals surface area contributed by atoms with Crippen molar-refractivity contribution < 1.29 is 13.9 Å². The second kappa shape index (κ2) is 4.88. The summed E-state index contributed by atoms with van der Waals surface area (Å²) in [5.74, 6) is 1.25. The standard InChI is InChI=1S/C20H22FNO2/c1-19(2)10-17-18-14(11-24-17)20(3,8-7-15(18)22-19)13-6-5-12(21)9-16(13)23-4/h5-7,9-10,22H,8,11H2,1-4H3. The fourth-order valence-corrected chi connectivity index (χ4v) is 4.04. The minimum atomic E-state index is -0.284. The number of hydrogen-bond donors (Lipinski definition) is 1. The van der Waals surface area contributed by atoms with Crippen molar-refractivity contribution in [3.8, 4) is 5.75 Å². The molecule has 1 aliphatic carbocycles. The summed E-state index contributed by atoms with van der Waals surface area (Å²) in [4.78, 5) is 0. The molecule has 0 saturated carbocycles. The Bertz CT molecular complexity index is 819. The first kappa shape index (κ1) is 15.3. The van der Waals surface area contributed by atoms with Crippen molar-refractivity contribution in [2.45, 2.75) is 38.1 Å². The van der Waals surface area contributed by atoms with Crippen LogP contribution in [-0.4, -0.2) is 19.3 Å². The van der Waals surface area contributed by atoms with E-state index < -0.39 is 0 Å². The largest absolute Gasteiger partial charge is 0.496 e. The lowest BCUT2D eigenvalue weighted by Gasteiger charge is -2.39. The number of benzene rings is 1. The van der Waals surface area contributed by atoms with Crippen LogP contribution < -0.4 is 10.1 Å². The third-order valence-corrected chi connectivity index (χ3v) is 5.28. The minimum absolute atomic E-state index is 0.124. The van der Waals surface area contributed by atoms with Crippen LogP contribution >= 0.6 is 0 Å². The van der Waals surface area contributed by atoms with E-state index in [2.05, 4.69) is 38.2 Å². The van der Waals surface area contributed by atoms with Gasteiger partial charge in [0.25, 0.3) is 0 Å². The molecule has 1 atom stereocenters. The van der Waals surface area contributed by atoms with Gasteiger partial charge in [0.1, 0.15) is 23.9 Å². The number of methoxy groups -OCH3 is 1. The van der Waals surface area contributed by atoms with Gasteiger partial charge in [-0.25, -0.2) is 4.39 Å². The second-order valence-corrected chi connectivity index (χ2v) is 7.50. The molecule has 1 aromatic rings. The van der Waals surface area contributed by atoms with Gasteiger partial charge in [0.15, 0.2) is 0 Å². The molecule has 1 aromatic carbocycles. The summed E-state index contributed by atoms with van der Waals surface area (Å²) in [6.45, 7) is 7.02. The Kier molecular flexibility index (Phi) is 3.11. The van der Waals surface area contributed by atoms with Crippen molar-refractivity contribution in [2.75, 3.05) is 13.7 Å². The minimum Gasteiger partial charge on any atom is -0.496 e. The van der Waals surface area contributed by atoms with Crippen molar-refractivity contribution in [3.05, 3.63) is 64.3 Å². The molecule has 126 valence electrons. The number of halogens is 1. The van der Waals surface area contributed by atoms with E-state index in [4.69, 9.17) is 9.47 Å². The summed E-state index contributed by atoms with van der Waals surface area (Å²) < 4.78 is 25.1. The lowest BCUT2D eigenvalue weighted by molar-refractivity contribution is 0.253. The van der Waals surface area contributed by atoms with Gasteiger partial charge in [0, 0.05) is 28.3 Å². The molecule has 2 aliphatic heterocycles. The zero-order valence-electron chi connectivity index (χ0n) is 14.5. The van der Waals surface area contributed by atoms with E-state index in [-0.39, 0.29) is 16.8 Å². The number of hydrogen-bond acceptors (Lipinski definition) is 3. The molecular formula is C20H22FNO2. The zero-order chi connectivity index (χ0) is 17.1. The molecule has 2 heterocycles. The molecule has 4 rings (SSSR count). The summed E-state index contributed by atoms with van der Waals surface area (Å²) in [5.41, 5.74) is 4.15. The van der Waals surface area contributed by atoms with Crippen LogP contribution in [0.25, 0.3) is 0 Å². The van der Waals surface area contributed by atoms with Crippen LogP contribution in [0, 0.1) is 5.82 Å². The topological polar surface area (TPSA) is 30.5 Å². The Morgan fingerprint density at radius 2 is 2.04 bits per heavy atom. The molecule has 0 amide bonds. The van der Waals surface area contributed by atoms with Crippen molar-refractivity contribution in [1.29, 1.82) is 0 Å². The van der Waals surface area contributed by atoms with Gasteiger partial charge in [-0.3, -0.25) is 0 Å². The zero-order valence-corrected chi connectivity index (χ0v) is 14.5. The van der Waals surface area contributed by atoms with Crippen LogP contribution in [0.4, 0.5) is 4.39 Å². The number of rotatable bonds is 2. The molecule has 1 unspecified atom stereocenters. The van der Waals surface area contributed by atoms with Gasteiger partial charge in [0.05, 0.1) is 12.6 Å². The Balaban J connectivity index is 1.89. The van der Waals surface area contributed by atoms with Gasteiger partial charge in [-0.05, 0) is 38.0 Å². The molecule has 0 spiro atoms. The van der Waals surface area contributed by atoms with Crippen LogP contribution in [-0.2, 0) is 10.2 Å². The maximum Gasteiger partial charge on any atom is 0.127 e. The highest BCUT2D eigenvalue weighted by molar-refractivity contribution is 5.62. The average molecular weight is 327 g/mol. The van der Waals surface area contributed by atoms with Crippen LogP contribution in [0.15, 0.2) is 53.0 Å². The number of allylic oxidation sites excluding steroid dienone is 1. The SMILES string of the molecule is COc1cc(F)ccc1C1(C)CC=C2NC(C)(C)C=C3OCC1=C23. The second-order valence-electron chi connectivity index (χ2n) is 7.50. The smallest absolute Gasteiger partial charge is 0.127 e. The van der Waals surface area contributed by atoms with E-state index in [1.54, 1.807) is 7.11 Å². The Morgan fingerprint density at radius 3 is 2.79 bits per heavy atom. The van der Waals surface area contributed by atoms with Crippen LogP contribution in [0.3, 0.4) is 0 Å². The summed E-state index contributed by atoms with van der Waals surface area (Å²) in [6.07, 6.45) is 5.19. The van der Waals surface area contributed by atoms with Crippen molar-refractivity contribution in [1.82, 2.24) is 5.32 Å². The predicted molar refractivity (Wildman–Crippen MR) is 91.3 cm³/mol. The molecule has 0 radical (unpaired) electrons. The number of ether oxygens (including phenoxy) is 2. The molecule has 0 bridgehead atoms. The Hall–Kier alpha value is -2.23. The quantitative estimate of drug-likeness (QED) is 0.891. The van der Waals surface area contributed by atoms with E-state index >= 15 is 0 Å². The first-order chi connectivity index (χ1) is 11.3. The van der Waals surface area contributed by atoms with E-state index in [0.717, 1.165) is 29.0 Å². The van der Waals surface area contributed by atoms with Crippen LogP contribution in [0.1, 0.15) is 32.8 Å².